The van der Waals surface area contributed by atoms with E-state index in [9.17, 15) is 4.79 Å². The zero-order chi connectivity index (χ0) is 20.4. The van der Waals surface area contributed by atoms with Crippen LogP contribution < -0.4 is 4.90 Å². The number of aromatic nitrogens is 2. The molecule has 4 rings (SSSR count). The van der Waals surface area contributed by atoms with Crippen molar-refractivity contribution in [3.8, 4) is 6.07 Å². The molecular weight excluding hydrogens is 380 g/mol. The molecule has 0 spiro atoms. The largest absolute Gasteiger partial charge is 0.279 e. The number of pyridine rings is 1. The van der Waals surface area contributed by atoms with E-state index >= 15 is 0 Å². The summed E-state index contributed by atoms with van der Waals surface area (Å²) in [5, 5.41) is 9.66. The number of benzene rings is 2. The molecular formula is C23H18N4OS. The molecule has 0 unspecified atom stereocenters. The van der Waals surface area contributed by atoms with Crippen molar-refractivity contribution in [1.29, 1.82) is 5.26 Å². The number of anilines is 1. The van der Waals surface area contributed by atoms with Crippen LogP contribution >= 0.6 is 11.3 Å². The molecule has 2 aromatic carbocycles. The maximum Gasteiger partial charge on any atom is 0.260 e. The third-order valence-electron chi connectivity index (χ3n) is 4.87. The van der Waals surface area contributed by atoms with Crippen LogP contribution in [-0.2, 0) is 6.54 Å². The molecule has 5 nitrogen and oxygen atoms in total. The van der Waals surface area contributed by atoms with Crippen LogP contribution in [0.4, 0.5) is 5.13 Å². The fourth-order valence-electron chi connectivity index (χ4n) is 3.07. The van der Waals surface area contributed by atoms with Gasteiger partial charge in [0.25, 0.3) is 5.91 Å². The van der Waals surface area contributed by atoms with Crippen molar-refractivity contribution in [3.05, 3.63) is 88.7 Å². The Hall–Kier alpha value is -3.56. The van der Waals surface area contributed by atoms with Gasteiger partial charge in [-0.05, 0) is 66.9 Å². The van der Waals surface area contributed by atoms with Gasteiger partial charge < -0.3 is 0 Å². The molecule has 0 aliphatic heterocycles. The maximum absolute atomic E-state index is 13.4. The summed E-state index contributed by atoms with van der Waals surface area (Å²) < 4.78 is 1.05. The molecule has 0 radical (unpaired) electrons. The van der Waals surface area contributed by atoms with Gasteiger partial charge in [0, 0.05) is 18.0 Å². The summed E-state index contributed by atoms with van der Waals surface area (Å²) in [5.74, 6) is -0.160. The minimum atomic E-state index is -0.160. The molecule has 0 fully saturated rings. The van der Waals surface area contributed by atoms with Crippen LogP contribution in [0.5, 0.6) is 0 Å². The number of nitrogens with zero attached hydrogens (tertiary/aromatic N) is 4. The van der Waals surface area contributed by atoms with Gasteiger partial charge in [-0.15, -0.1) is 0 Å². The van der Waals surface area contributed by atoms with Gasteiger partial charge in [0.15, 0.2) is 5.13 Å². The normalized spacial score (nSPS) is 10.7. The Balaban J connectivity index is 1.78. The molecule has 0 aliphatic carbocycles. The topological polar surface area (TPSA) is 69.9 Å². The van der Waals surface area contributed by atoms with Crippen molar-refractivity contribution in [1.82, 2.24) is 9.97 Å². The molecule has 29 heavy (non-hydrogen) atoms. The van der Waals surface area contributed by atoms with E-state index in [1.165, 1.54) is 16.9 Å². The number of carbonyl (C=O) groups excluding carboxylic acids is 1. The Morgan fingerprint density at radius 3 is 2.62 bits per heavy atom. The summed E-state index contributed by atoms with van der Waals surface area (Å²) in [6, 6.07) is 16.7. The van der Waals surface area contributed by atoms with E-state index < -0.39 is 0 Å². The highest BCUT2D eigenvalue weighted by atomic mass is 32.1. The molecule has 142 valence electrons. The lowest BCUT2D eigenvalue weighted by molar-refractivity contribution is 0.0985. The van der Waals surface area contributed by atoms with E-state index in [4.69, 9.17) is 10.2 Å². The highest BCUT2D eigenvalue weighted by Crippen LogP contribution is 2.33. The highest BCUT2D eigenvalue weighted by molar-refractivity contribution is 7.22. The first-order valence-electron chi connectivity index (χ1n) is 9.14. The fraction of sp³-hybridized carbons (Fsp3) is 0.130. The third kappa shape index (κ3) is 3.73. The molecule has 2 heterocycles. The van der Waals surface area contributed by atoms with Crippen LogP contribution in [0.25, 0.3) is 10.2 Å². The minimum Gasteiger partial charge on any atom is -0.279 e. The van der Waals surface area contributed by atoms with Gasteiger partial charge in [-0.1, -0.05) is 23.5 Å². The van der Waals surface area contributed by atoms with Crippen LogP contribution in [0.2, 0.25) is 0 Å². The van der Waals surface area contributed by atoms with Crippen LogP contribution in [0.15, 0.2) is 60.9 Å². The smallest absolute Gasteiger partial charge is 0.260 e. The molecule has 4 aromatic rings. The van der Waals surface area contributed by atoms with Crippen molar-refractivity contribution in [2.45, 2.75) is 20.4 Å². The highest BCUT2D eigenvalue weighted by Gasteiger charge is 2.22. The number of aryl methyl sites for hydroxylation is 2. The molecule has 1 amide bonds. The van der Waals surface area contributed by atoms with E-state index in [0.717, 1.165) is 21.3 Å². The Morgan fingerprint density at radius 1 is 1.14 bits per heavy atom. The first kappa shape index (κ1) is 18.8. The lowest BCUT2D eigenvalue weighted by Crippen LogP contribution is -2.30. The van der Waals surface area contributed by atoms with Gasteiger partial charge in [-0.25, -0.2) is 4.98 Å². The van der Waals surface area contributed by atoms with Gasteiger partial charge in [-0.3, -0.25) is 14.7 Å². The number of carbonyl (C=O) groups is 1. The number of fused-ring (bicyclic) bond motifs is 1. The Morgan fingerprint density at radius 2 is 1.93 bits per heavy atom. The van der Waals surface area contributed by atoms with E-state index in [1.807, 2.05) is 18.2 Å². The molecule has 0 bridgehead atoms. The SMILES string of the molecule is Cc1ccc2sc(N(Cc3cccnc3)C(=O)c3ccc(C#N)cc3)nc2c1C. The van der Waals surface area contributed by atoms with Crippen molar-refractivity contribution < 1.29 is 4.79 Å². The minimum absolute atomic E-state index is 0.160. The molecule has 0 aliphatic rings. The first-order valence-corrected chi connectivity index (χ1v) is 9.96. The van der Waals surface area contributed by atoms with Crippen LogP contribution in [-0.4, -0.2) is 15.9 Å². The summed E-state index contributed by atoms with van der Waals surface area (Å²) in [4.78, 5) is 24.0. The molecule has 2 aromatic heterocycles. The number of amides is 1. The molecule has 6 heteroatoms. The summed E-state index contributed by atoms with van der Waals surface area (Å²) in [6.45, 7) is 4.47. The lowest BCUT2D eigenvalue weighted by atomic mass is 10.1. The zero-order valence-electron chi connectivity index (χ0n) is 16.1. The van der Waals surface area contributed by atoms with Crippen molar-refractivity contribution in [3.63, 3.8) is 0 Å². The number of rotatable bonds is 4. The summed E-state index contributed by atoms with van der Waals surface area (Å²) in [7, 11) is 0. The Kier molecular flexibility index (Phi) is 5.07. The lowest BCUT2D eigenvalue weighted by Gasteiger charge is -2.20. The summed E-state index contributed by atoms with van der Waals surface area (Å²) in [5.41, 5.74) is 5.17. The second-order valence-electron chi connectivity index (χ2n) is 6.79. The summed E-state index contributed by atoms with van der Waals surface area (Å²) >= 11 is 1.50. The van der Waals surface area contributed by atoms with E-state index in [0.29, 0.717) is 22.8 Å². The van der Waals surface area contributed by atoms with Crippen molar-refractivity contribution >= 4 is 32.6 Å². The second kappa shape index (κ2) is 7.82. The van der Waals surface area contributed by atoms with Crippen LogP contribution in [0, 0.1) is 25.2 Å². The number of hydrogen-bond acceptors (Lipinski definition) is 5. The van der Waals surface area contributed by atoms with Gasteiger partial charge in [-0.2, -0.15) is 5.26 Å². The third-order valence-corrected chi connectivity index (χ3v) is 5.92. The number of nitriles is 1. The quantitative estimate of drug-likeness (QED) is 0.484. The molecule has 0 atom stereocenters. The average Bonchev–Trinajstić information content (AvgIpc) is 3.20. The van der Waals surface area contributed by atoms with Crippen molar-refractivity contribution in [2.24, 2.45) is 0 Å². The average molecular weight is 398 g/mol. The number of thiazole rings is 1. The first-order chi connectivity index (χ1) is 14.1. The molecule has 0 saturated carbocycles. The van der Waals surface area contributed by atoms with Crippen molar-refractivity contribution in [2.75, 3.05) is 4.90 Å². The fourth-order valence-corrected chi connectivity index (χ4v) is 4.10. The molecule has 0 N–H and O–H groups in total. The Labute approximate surface area is 172 Å². The number of hydrogen-bond donors (Lipinski definition) is 0. The maximum atomic E-state index is 13.4. The van der Waals surface area contributed by atoms with E-state index in [-0.39, 0.29) is 5.91 Å². The predicted octanol–water partition coefficient (Wildman–Crippen LogP) is 5.03. The predicted molar refractivity (Wildman–Crippen MR) is 115 cm³/mol. The zero-order valence-corrected chi connectivity index (χ0v) is 16.9. The van der Waals surface area contributed by atoms with Gasteiger partial charge >= 0.3 is 0 Å². The van der Waals surface area contributed by atoms with Crippen LogP contribution in [0.1, 0.15) is 32.6 Å². The van der Waals surface area contributed by atoms with E-state index in [2.05, 4.69) is 31.0 Å². The Bertz CT molecular complexity index is 1220. The van der Waals surface area contributed by atoms with E-state index in [1.54, 1.807) is 41.6 Å². The second-order valence-corrected chi connectivity index (χ2v) is 7.80. The molecule has 0 saturated heterocycles. The van der Waals surface area contributed by atoms with Gasteiger partial charge in [0.05, 0.1) is 28.4 Å². The standard InChI is InChI=1S/C23H18N4OS/c1-15-5-10-20-21(16(15)2)26-23(29-20)27(14-18-4-3-11-25-13-18)22(28)19-8-6-17(12-24)7-9-19/h3-11,13H,14H2,1-2H3. The monoisotopic (exact) mass is 398 g/mol. The van der Waals surface area contributed by atoms with Gasteiger partial charge in [0.2, 0.25) is 0 Å². The van der Waals surface area contributed by atoms with Crippen LogP contribution in [0.3, 0.4) is 0 Å². The van der Waals surface area contributed by atoms with Gasteiger partial charge in [0.1, 0.15) is 0 Å². The summed E-state index contributed by atoms with van der Waals surface area (Å²) in [6.07, 6.45) is 3.46.